The van der Waals surface area contributed by atoms with Crippen molar-refractivity contribution in [3.8, 4) is 0 Å². The zero-order valence-corrected chi connectivity index (χ0v) is 9.25. The summed E-state index contributed by atoms with van der Waals surface area (Å²) < 4.78 is 25.6. The van der Waals surface area contributed by atoms with Crippen molar-refractivity contribution in [3.63, 3.8) is 0 Å². The first-order valence-corrected chi connectivity index (χ1v) is 5.58. The number of benzene rings is 1. The van der Waals surface area contributed by atoms with E-state index in [2.05, 4.69) is 5.32 Å². The summed E-state index contributed by atoms with van der Waals surface area (Å²) in [5.74, 6) is -2.08. The Morgan fingerprint density at radius 1 is 1.24 bits per heavy atom. The predicted octanol–water partition coefficient (Wildman–Crippen LogP) is 3.26. The molecule has 1 unspecified atom stereocenters. The molecule has 1 aliphatic rings. The van der Waals surface area contributed by atoms with Crippen LogP contribution in [0.3, 0.4) is 0 Å². The van der Waals surface area contributed by atoms with E-state index in [4.69, 9.17) is 0 Å². The fourth-order valence-electron chi connectivity index (χ4n) is 1.85. The molecule has 0 bridgehead atoms. The predicted molar refractivity (Wildman–Crippen MR) is 61.5 cm³/mol. The molecule has 2 rings (SSSR count). The van der Waals surface area contributed by atoms with Crippen LogP contribution in [-0.4, -0.2) is 5.91 Å². The maximum absolute atomic E-state index is 12.9. The first kappa shape index (κ1) is 11.8. The third-order valence-electron chi connectivity index (χ3n) is 2.83. The summed E-state index contributed by atoms with van der Waals surface area (Å²) in [5.41, 5.74) is 0.295. The Labute approximate surface area is 98.3 Å². The Hall–Kier alpha value is -1.71. The van der Waals surface area contributed by atoms with Crippen LogP contribution in [0.1, 0.15) is 19.3 Å². The number of amides is 1. The summed E-state index contributed by atoms with van der Waals surface area (Å²) in [6.45, 7) is 0. The number of carbonyl (C=O) groups excluding carboxylic acids is 1. The van der Waals surface area contributed by atoms with Gasteiger partial charge >= 0.3 is 0 Å². The van der Waals surface area contributed by atoms with Crippen LogP contribution in [-0.2, 0) is 4.79 Å². The minimum atomic E-state index is -0.952. The lowest BCUT2D eigenvalue weighted by Crippen LogP contribution is -2.23. The molecule has 0 heterocycles. The van der Waals surface area contributed by atoms with Crippen molar-refractivity contribution in [3.05, 3.63) is 42.0 Å². The highest BCUT2D eigenvalue weighted by Gasteiger charge is 2.18. The molecule has 1 amide bonds. The Morgan fingerprint density at radius 2 is 2.06 bits per heavy atom. The van der Waals surface area contributed by atoms with Crippen LogP contribution in [0, 0.1) is 17.6 Å². The van der Waals surface area contributed by atoms with Gasteiger partial charge in [-0.3, -0.25) is 4.79 Å². The van der Waals surface area contributed by atoms with Gasteiger partial charge in [0.15, 0.2) is 11.6 Å². The second-order valence-electron chi connectivity index (χ2n) is 4.10. The molecule has 0 fully saturated rings. The standard InChI is InChI=1S/C13H13F2NO/c14-11-7-6-10(8-12(11)15)16-13(17)9-4-2-1-3-5-9/h1-2,6-9H,3-5H2,(H,16,17). The third kappa shape index (κ3) is 2.90. The molecule has 4 heteroatoms. The average Bonchev–Trinajstić information content (AvgIpc) is 2.35. The van der Waals surface area contributed by atoms with Gasteiger partial charge in [-0.15, -0.1) is 0 Å². The number of hydrogen-bond donors (Lipinski definition) is 1. The first-order chi connectivity index (χ1) is 8.16. The molecular weight excluding hydrogens is 224 g/mol. The van der Waals surface area contributed by atoms with Crippen LogP contribution >= 0.6 is 0 Å². The van der Waals surface area contributed by atoms with Gasteiger partial charge in [0.2, 0.25) is 5.91 Å². The molecule has 17 heavy (non-hydrogen) atoms. The molecule has 0 radical (unpaired) electrons. The fraction of sp³-hybridized carbons (Fsp3) is 0.308. The van der Waals surface area contributed by atoms with Crippen LogP contribution in [0.25, 0.3) is 0 Å². The summed E-state index contributed by atoms with van der Waals surface area (Å²) in [4.78, 5) is 11.8. The van der Waals surface area contributed by atoms with E-state index in [1.807, 2.05) is 12.2 Å². The number of allylic oxidation sites excluding steroid dienone is 2. The molecule has 1 atom stereocenters. The Bertz CT molecular complexity index is 457. The monoisotopic (exact) mass is 237 g/mol. The lowest BCUT2D eigenvalue weighted by molar-refractivity contribution is -0.120. The van der Waals surface area contributed by atoms with Crippen LogP contribution in [0.4, 0.5) is 14.5 Å². The van der Waals surface area contributed by atoms with Gasteiger partial charge in [0, 0.05) is 17.7 Å². The van der Waals surface area contributed by atoms with E-state index in [9.17, 15) is 13.6 Å². The molecule has 0 saturated heterocycles. The molecule has 90 valence electrons. The molecule has 1 aliphatic carbocycles. The minimum absolute atomic E-state index is 0.0758. The van der Waals surface area contributed by atoms with E-state index in [0.717, 1.165) is 25.0 Å². The highest BCUT2D eigenvalue weighted by Crippen LogP contribution is 2.21. The molecule has 0 spiro atoms. The lowest BCUT2D eigenvalue weighted by atomic mass is 9.93. The number of hydrogen-bond acceptors (Lipinski definition) is 1. The zero-order valence-electron chi connectivity index (χ0n) is 9.25. The van der Waals surface area contributed by atoms with Crippen molar-refractivity contribution in [2.75, 3.05) is 5.32 Å². The topological polar surface area (TPSA) is 29.1 Å². The second-order valence-corrected chi connectivity index (χ2v) is 4.10. The molecule has 1 aromatic carbocycles. The minimum Gasteiger partial charge on any atom is -0.326 e. The average molecular weight is 237 g/mol. The van der Waals surface area contributed by atoms with Crippen molar-refractivity contribution in [1.29, 1.82) is 0 Å². The SMILES string of the molecule is O=C(Nc1ccc(F)c(F)c1)C1CC=CCC1. The van der Waals surface area contributed by atoms with Crippen LogP contribution in [0.5, 0.6) is 0 Å². The van der Waals surface area contributed by atoms with E-state index in [-0.39, 0.29) is 11.8 Å². The maximum atomic E-state index is 12.9. The Morgan fingerprint density at radius 3 is 2.71 bits per heavy atom. The van der Waals surface area contributed by atoms with Gasteiger partial charge in [-0.2, -0.15) is 0 Å². The van der Waals surface area contributed by atoms with Gasteiger partial charge in [0.05, 0.1) is 0 Å². The van der Waals surface area contributed by atoms with Gasteiger partial charge in [-0.05, 0) is 31.4 Å². The highest BCUT2D eigenvalue weighted by molar-refractivity contribution is 5.92. The molecular formula is C13H13F2NO. The number of nitrogens with one attached hydrogen (secondary N) is 1. The van der Waals surface area contributed by atoms with Crippen LogP contribution < -0.4 is 5.32 Å². The second kappa shape index (κ2) is 5.08. The van der Waals surface area contributed by atoms with E-state index in [0.29, 0.717) is 12.1 Å². The molecule has 0 aromatic heterocycles. The Kier molecular flexibility index (Phi) is 3.52. The van der Waals surface area contributed by atoms with Crippen molar-refractivity contribution >= 4 is 11.6 Å². The van der Waals surface area contributed by atoms with E-state index in [1.54, 1.807) is 0 Å². The lowest BCUT2D eigenvalue weighted by Gasteiger charge is -2.17. The smallest absolute Gasteiger partial charge is 0.227 e. The summed E-state index contributed by atoms with van der Waals surface area (Å²) in [6.07, 6.45) is 6.40. The van der Waals surface area contributed by atoms with Crippen LogP contribution in [0.2, 0.25) is 0 Å². The molecule has 1 N–H and O–H groups in total. The quantitative estimate of drug-likeness (QED) is 0.786. The van der Waals surface area contributed by atoms with Crippen molar-refractivity contribution < 1.29 is 13.6 Å². The number of anilines is 1. The summed E-state index contributed by atoms with van der Waals surface area (Å²) in [5, 5.41) is 2.60. The van der Waals surface area contributed by atoms with Gasteiger partial charge in [-0.1, -0.05) is 12.2 Å². The number of rotatable bonds is 2. The van der Waals surface area contributed by atoms with Crippen molar-refractivity contribution in [2.24, 2.45) is 5.92 Å². The van der Waals surface area contributed by atoms with E-state index >= 15 is 0 Å². The third-order valence-corrected chi connectivity index (χ3v) is 2.83. The normalized spacial score (nSPS) is 19.1. The maximum Gasteiger partial charge on any atom is 0.227 e. The number of carbonyl (C=O) groups is 1. The summed E-state index contributed by atoms with van der Waals surface area (Å²) in [6, 6.07) is 3.35. The van der Waals surface area contributed by atoms with Gasteiger partial charge in [-0.25, -0.2) is 8.78 Å². The Balaban J connectivity index is 2.02. The molecule has 1 aromatic rings. The first-order valence-electron chi connectivity index (χ1n) is 5.58. The van der Waals surface area contributed by atoms with Gasteiger partial charge in [0.1, 0.15) is 0 Å². The summed E-state index contributed by atoms with van der Waals surface area (Å²) in [7, 11) is 0. The zero-order chi connectivity index (χ0) is 12.3. The fourth-order valence-corrected chi connectivity index (χ4v) is 1.85. The van der Waals surface area contributed by atoms with Gasteiger partial charge in [0.25, 0.3) is 0 Å². The van der Waals surface area contributed by atoms with E-state index in [1.165, 1.54) is 6.07 Å². The largest absolute Gasteiger partial charge is 0.326 e. The number of halogens is 2. The van der Waals surface area contributed by atoms with Crippen molar-refractivity contribution in [1.82, 2.24) is 0 Å². The van der Waals surface area contributed by atoms with E-state index < -0.39 is 11.6 Å². The highest BCUT2D eigenvalue weighted by atomic mass is 19.2. The van der Waals surface area contributed by atoms with Crippen LogP contribution in [0.15, 0.2) is 30.4 Å². The molecule has 0 saturated carbocycles. The molecule has 0 aliphatic heterocycles. The summed E-state index contributed by atoms with van der Waals surface area (Å²) >= 11 is 0. The van der Waals surface area contributed by atoms with Crippen molar-refractivity contribution in [2.45, 2.75) is 19.3 Å². The molecule has 2 nitrogen and oxygen atoms in total. The van der Waals surface area contributed by atoms with Gasteiger partial charge < -0.3 is 5.32 Å².